The predicted octanol–water partition coefficient (Wildman–Crippen LogP) is 0.552. The van der Waals surface area contributed by atoms with Crippen molar-refractivity contribution in [2.45, 2.75) is 33.2 Å². The Morgan fingerprint density at radius 2 is 1.89 bits per heavy atom. The van der Waals surface area contributed by atoms with E-state index < -0.39 is 23.5 Å². The standard InChI is InChI=1S/C19H23NO7/c1-9(2)17(18(22)23)20-15(21)8-12-10(3)16-13(26-5)6-11(25-4)7-14(16)27-19(12)24/h6-7,9,17H,8H2,1-5H3,(H,20,21)(H,22,23)/p-1/t17-/m0/s1. The van der Waals surface area contributed by atoms with Gasteiger partial charge in [-0.05, 0) is 18.4 Å². The summed E-state index contributed by atoms with van der Waals surface area (Å²) in [7, 11) is 2.95. The molecular formula is C19H22NO7-. The predicted molar refractivity (Wildman–Crippen MR) is 95.8 cm³/mol. The van der Waals surface area contributed by atoms with Crippen LogP contribution in [0.4, 0.5) is 0 Å². The molecule has 0 radical (unpaired) electrons. The molecule has 2 aromatic rings. The summed E-state index contributed by atoms with van der Waals surface area (Å²) in [6.45, 7) is 4.97. The topological polar surface area (TPSA) is 118 Å². The summed E-state index contributed by atoms with van der Waals surface area (Å²) in [5.41, 5.74) is 0.238. The number of benzene rings is 1. The Bertz CT molecular complexity index is 930. The molecule has 0 bridgehead atoms. The van der Waals surface area contributed by atoms with E-state index in [0.29, 0.717) is 22.4 Å². The highest BCUT2D eigenvalue weighted by atomic mass is 16.5. The highest BCUT2D eigenvalue weighted by Gasteiger charge is 2.21. The molecule has 0 aliphatic carbocycles. The van der Waals surface area contributed by atoms with E-state index in [0.717, 1.165) is 0 Å². The monoisotopic (exact) mass is 376 g/mol. The van der Waals surface area contributed by atoms with Crippen molar-refractivity contribution in [2.24, 2.45) is 5.92 Å². The summed E-state index contributed by atoms with van der Waals surface area (Å²) in [4.78, 5) is 35.8. The second-order valence-corrected chi connectivity index (χ2v) is 6.48. The second-order valence-electron chi connectivity index (χ2n) is 6.48. The van der Waals surface area contributed by atoms with Crippen LogP contribution in [0.3, 0.4) is 0 Å². The van der Waals surface area contributed by atoms with Crippen LogP contribution in [-0.4, -0.2) is 32.1 Å². The van der Waals surface area contributed by atoms with Crippen molar-refractivity contribution in [2.75, 3.05) is 14.2 Å². The Hall–Kier alpha value is -3.03. The molecule has 0 aliphatic heterocycles. The Morgan fingerprint density at radius 3 is 2.41 bits per heavy atom. The van der Waals surface area contributed by atoms with Gasteiger partial charge in [-0.1, -0.05) is 13.8 Å². The number of fused-ring (bicyclic) bond motifs is 1. The largest absolute Gasteiger partial charge is 0.548 e. The van der Waals surface area contributed by atoms with Gasteiger partial charge < -0.3 is 29.1 Å². The van der Waals surface area contributed by atoms with Crippen LogP contribution in [-0.2, 0) is 16.0 Å². The highest BCUT2D eigenvalue weighted by molar-refractivity contribution is 5.91. The first-order chi connectivity index (χ1) is 12.7. The van der Waals surface area contributed by atoms with Crippen LogP contribution < -0.4 is 25.5 Å². The number of carboxylic acid groups (broad SMARTS) is 1. The molecule has 0 saturated carbocycles. The number of ether oxygens (including phenoxy) is 2. The van der Waals surface area contributed by atoms with Gasteiger partial charge in [0.25, 0.3) is 0 Å². The average Bonchev–Trinajstić information content (AvgIpc) is 2.61. The van der Waals surface area contributed by atoms with Gasteiger partial charge in [0.15, 0.2) is 0 Å². The first-order valence-corrected chi connectivity index (χ1v) is 8.38. The normalized spacial score (nSPS) is 12.1. The van der Waals surface area contributed by atoms with Crippen LogP contribution in [0.5, 0.6) is 11.5 Å². The van der Waals surface area contributed by atoms with Gasteiger partial charge in [0.2, 0.25) is 5.91 Å². The Kier molecular flexibility index (Phi) is 6.09. The number of aryl methyl sites for hydroxylation is 1. The maximum atomic E-state index is 12.4. The fraction of sp³-hybridized carbons (Fsp3) is 0.421. The summed E-state index contributed by atoms with van der Waals surface area (Å²) in [6, 6.07) is 2.05. The van der Waals surface area contributed by atoms with Crippen LogP contribution in [0.1, 0.15) is 25.0 Å². The molecule has 8 nitrogen and oxygen atoms in total. The number of methoxy groups -OCH3 is 2. The molecule has 1 N–H and O–H groups in total. The Balaban J connectivity index is 2.46. The van der Waals surface area contributed by atoms with E-state index in [1.807, 2.05) is 0 Å². The smallest absolute Gasteiger partial charge is 0.340 e. The molecule has 1 aromatic heterocycles. The maximum absolute atomic E-state index is 12.4. The quantitative estimate of drug-likeness (QED) is 0.701. The van der Waals surface area contributed by atoms with E-state index >= 15 is 0 Å². The first kappa shape index (κ1) is 20.3. The van der Waals surface area contributed by atoms with Crippen molar-refractivity contribution < 1.29 is 28.6 Å². The molecule has 1 amide bonds. The number of rotatable bonds is 7. The minimum atomic E-state index is -1.38. The molecule has 146 valence electrons. The van der Waals surface area contributed by atoms with Gasteiger partial charge in [0, 0.05) is 12.1 Å². The Morgan fingerprint density at radius 1 is 1.22 bits per heavy atom. The zero-order chi connectivity index (χ0) is 20.3. The number of carbonyl (C=O) groups excluding carboxylic acids is 2. The molecule has 0 unspecified atom stereocenters. The number of hydrogen-bond donors (Lipinski definition) is 1. The van der Waals surface area contributed by atoms with E-state index in [1.54, 1.807) is 32.9 Å². The second kappa shape index (κ2) is 8.11. The van der Waals surface area contributed by atoms with Crippen molar-refractivity contribution in [1.82, 2.24) is 5.32 Å². The van der Waals surface area contributed by atoms with Crippen molar-refractivity contribution >= 4 is 22.8 Å². The number of carbonyl (C=O) groups is 2. The van der Waals surface area contributed by atoms with Gasteiger partial charge in [-0.3, -0.25) is 4.79 Å². The average molecular weight is 376 g/mol. The summed E-state index contributed by atoms with van der Waals surface area (Å²) >= 11 is 0. The minimum Gasteiger partial charge on any atom is -0.548 e. The fourth-order valence-electron chi connectivity index (χ4n) is 2.85. The third-order valence-electron chi connectivity index (χ3n) is 4.35. The minimum absolute atomic E-state index is 0.129. The van der Waals surface area contributed by atoms with Crippen molar-refractivity contribution in [3.05, 3.63) is 33.7 Å². The lowest BCUT2D eigenvalue weighted by Gasteiger charge is -2.23. The van der Waals surface area contributed by atoms with E-state index in [2.05, 4.69) is 5.32 Å². The van der Waals surface area contributed by atoms with Crippen LogP contribution in [0.15, 0.2) is 21.3 Å². The van der Waals surface area contributed by atoms with Crippen LogP contribution in [0.2, 0.25) is 0 Å². The Labute approximate surface area is 156 Å². The van der Waals surface area contributed by atoms with E-state index in [9.17, 15) is 19.5 Å². The zero-order valence-electron chi connectivity index (χ0n) is 15.9. The summed E-state index contributed by atoms with van der Waals surface area (Å²) in [5, 5.41) is 14.1. The van der Waals surface area contributed by atoms with Gasteiger partial charge in [0.1, 0.15) is 17.1 Å². The molecule has 1 aromatic carbocycles. The first-order valence-electron chi connectivity index (χ1n) is 8.38. The molecule has 0 saturated heterocycles. The van der Waals surface area contributed by atoms with Crippen molar-refractivity contribution in [3.8, 4) is 11.5 Å². The maximum Gasteiger partial charge on any atom is 0.340 e. The van der Waals surface area contributed by atoms with Crippen molar-refractivity contribution in [1.29, 1.82) is 0 Å². The lowest BCUT2D eigenvalue weighted by molar-refractivity contribution is -0.309. The molecule has 8 heteroatoms. The molecule has 0 spiro atoms. The summed E-state index contributed by atoms with van der Waals surface area (Å²) < 4.78 is 15.8. The molecule has 2 rings (SSSR count). The van der Waals surface area contributed by atoms with Gasteiger partial charge >= 0.3 is 5.63 Å². The lowest BCUT2D eigenvalue weighted by atomic mass is 10.0. The number of nitrogens with one attached hydrogen (secondary N) is 1. The highest BCUT2D eigenvalue weighted by Crippen LogP contribution is 2.33. The lowest BCUT2D eigenvalue weighted by Crippen LogP contribution is -2.51. The number of hydrogen-bond acceptors (Lipinski definition) is 7. The van der Waals surface area contributed by atoms with E-state index in [-0.39, 0.29) is 23.5 Å². The zero-order valence-corrected chi connectivity index (χ0v) is 15.9. The van der Waals surface area contributed by atoms with Crippen LogP contribution in [0.25, 0.3) is 11.0 Å². The number of carboxylic acids is 1. The third-order valence-corrected chi connectivity index (χ3v) is 4.35. The van der Waals surface area contributed by atoms with Crippen LogP contribution in [0, 0.1) is 12.8 Å². The molecular weight excluding hydrogens is 354 g/mol. The molecule has 27 heavy (non-hydrogen) atoms. The summed E-state index contributed by atoms with van der Waals surface area (Å²) in [6.07, 6.45) is -0.324. The molecule has 1 atom stereocenters. The summed E-state index contributed by atoms with van der Waals surface area (Å²) in [5.74, 6) is -1.46. The van der Waals surface area contributed by atoms with Gasteiger partial charge in [-0.15, -0.1) is 0 Å². The molecule has 0 fully saturated rings. The molecule has 1 heterocycles. The van der Waals surface area contributed by atoms with Gasteiger partial charge in [-0.2, -0.15) is 0 Å². The van der Waals surface area contributed by atoms with Crippen molar-refractivity contribution in [3.63, 3.8) is 0 Å². The third kappa shape index (κ3) is 4.21. The molecule has 0 aliphatic rings. The van der Waals surface area contributed by atoms with E-state index in [4.69, 9.17) is 13.9 Å². The fourth-order valence-corrected chi connectivity index (χ4v) is 2.85. The number of amides is 1. The van der Waals surface area contributed by atoms with Crippen LogP contribution >= 0.6 is 0 Å². The van der Waals surface area contributed by atoms with E-state index in [1.165, 1.54) is 14.2 Å². The van der Waals surface area contributed by atoms with Gasteiger partial charge in [0.05, 0.1) is 43.6 Å². The SMILES string of the molecule is COc1cc(OC)c2c(C)c(CC(=O)N[C@H](C(=O)[O-])C(C)C)c(=O)oc2c1. The van der Waals surface area contributed by atoms with Gasteiger partial charge in [-0.25, -0.2) is 4.79 Å². The number of aliphatic carboxylic acids is 1.